The zero-order chi connectivity index (χ0) is 11.5. The highest BCUT2D eigenvalue weighted by molar-refractivity contribution is 7.80. The van der Waals surface area contributed by atoms with Crippen LogP contribution in [0.2, 0.25) is 0 Å². The molecule has 2 N–H and O–H groups in total. The molecule has 0 spiro atoms. The minimum Gasteiger partial charge on any atom is -0.388 e. The molecule has 0 amide bonds. The van der Waals surface area contributed by atoms with Crippen molar-refractivity contribution in [1.82, 2.24) is 9.97 Å². The summed E-state index contributed by atoms with van der Waals surface area (Å²) in [7, 11) is 0. The summed E-state index contributed by atoms with van der Waals surface area (Å²) < 4.78 is 0. The molecule has 1 saturated heterocycles. The van der Waals surface area contributed by atoms with Crippen molar-refractivity contribution in [2.24, 2.45) is 5.73 Å². The Kier molecular flexibility index (Phi) is 3.33. The van der Waals surface area contributed by atoms with Gasteiger partial charge in [0.1, 0.15) is 10.7 Å². The molecular formula is C11H16N4S. The number of hydrogen-bond donors (Lipinski definition) is 1. The number of nitrogens with two attached hydrogens (primary N) is 1. The summed E-state index contributed by atoms with van der Waals surface area (Å²) in [6, 6.07) is 1.83. The van der Waals surface area contributed by atoms with Crippen LogP contribution in [0.3, 0.4) is 0 Å². The smallest absolute Gasteiger partial charge is 0.226 e. The minimum absolute atomic E-state index is 0.337. The Balaban J connectivity index is 2.28. The van der Waals surface area contributed by atoms with Crippen molar-refractivity contribution in [3.63, 3.8) is 0 Å². The maximum atomic E-state index is 5.60. The fraction of sp³-hybridized carbons (Fsp3) is 0.545. The molecule has 0 aromatic carbocycles. The van der Waals surface area contributed by atoms with Crippen LogP contribution < -0.4 is 10.6 Å². The molecule has 2 rings (SSSR count). The topological polar surface area (TPSA) is 55.0 Å². The van der Waals surface area contributed by atoms with Crippen LogP contribution in [0.15, 0.2) is 6.07 Å². The lowest BCUT2D eigenvalue weighted by Gasteiger charge is -2.27. The molecule has 86 valence electrons. The van der Waals surface area contributed by atoms with Crippen LogP contribution in [0.25, 0.3) is 0 Å². The minimum atomic E-state index is 0.337. The van der Waals surface area contributed by atoms with Gasteiger partial charge in [-0.1, -0.05) is 12.2 Å². The molecule has 16 heavy (non-hydrogen) atoms. The predicted octanol–water partition coefficient (Wildman–Crippen LogP) is 1.41. The summed E-state index contributed by atoms with van der Waals surface area (Å²) in [5.41, 5.74) is 7.19. The van der Waals surface area contributed by atoms with Crippen molar-refractivity contribution in [3.05, 3.63) is 17.5 Å². The van der Waals surface area contributed by atoms with Crippen molar-refractivity contribution in [1.29, 1.82) is 0 Å². The molecule has 0 saturated carbocycles. The Hall–Kier alpha value is -1.23. The van der Waals surface area contributed by atoms with E-state index in [1.807, 2.05) is 13.0 Å². The van der Waals surface area contributed by atoms with Crippen molar-refractivity contribution >= 4 is 23.2 Å². The Morgan fingerprint density at radius 1 is 1.31 bits per heavy atom. The lowest BCUT2D eigenvalue weighted by Crippen LogP contribution is -2.31. The molecule has 4 nitrogen and oxygen atoms in total. The number of thiocarbonyl (C=S) groups is 1. The van der Waals surface area contributed by atoms with Gasteiger partial charge in [-0.15, -0.1) is 0 Å². The van der Waals surface area contributed by atoms with Crippen LogP contribution in [-0.4, -0.2) is 28.0 Å². The van der Waals surface area contributed by atoms with E-state index in [1.165, 1.54) is 19.3 Å². The van der Waals surface area contributed by atoms with Gasteiger partial charge in [0.15, 0.2) is 0 Å². The van der Waals surface area contributed by atoms with Crippen LogP contribution in [0.5, 0.6) is 0 Å². The summed E-state index contributed by atoms with van der Waals surface area (Å²) in [4.78, 5) is 11.4. The normalized spacial score (nSPS) is 16.2. The molecular weight excluding hydrogens is 220 g/mol. The second-order valence-electron chi connectivity index (χ2n) is 4.11. The first-order valence-electron chi connectivity index (χ1n) is 5.57. The summed E-state index contributed by atoms with van der Waals surface area (Å²) >= 11 is 4.95. The van der Waals surface area contributed by atoms with Gasteiger partial charge in [-0.05, 0) is 32.3 Å². The first-order valence-corrected chi connectivity index (χ1v) is 5.98. The fourth-order valence-electron chi connectivity index (χ4n) is 1.91. The fourth-order valence-corrected chi connectivity index (χ4v) is 2.02. The number of nitrogens with zero attached hydrogens (tertiary/aromatic N) is 3. The number of aromatic nitrogens is 2. The second-order valence-corrected chi connectivity index (χ2v) is 4.55. The van der Waals surface area contributed by atoms with E-state index < -0.39 is 0 Å². The average molecular weight is 236 g/mol. The molecule has 0 atom stereocenters. The van der Waals surface area contributed by atoms with E-state index in [4.69, 9.17) is 18.0 Å². The molecule has 0 bridgehead atoms. The van der Waals surface area contributed by atoms with Crippen molar-refractivity contribution in [2.75, 3.05) is 18.0 Å². The van der Waals surface area contributed by atoms with Crippen LogP contribution >= 0.6 is 12.2 Å². The van der Waals surface area contributed by atoms with Crippen molar-refractivity contribution in [3.8, 4) is 0 Å². The molecule has 1 aromatic heterocycles. The molecule has 0 unspecified atom stereocenters. The van der Waals surface area contributed by atoms with E-state index in [0.717, 1.165) is 24.7 Å². The van der Waals surface area contributed by atoms with E-state index in [1.54, 1.807) is 0 Å². The van der Waals surface area contributed by atoms with Crippen molar-refractivity contribution in [2.45, 2.75) is 26.2 Å². The molecule has 5 heteroatoms. The third-order valence-electron chi connectivity index (χ3n) is 2.73. The summed E-state index contributed by atoms with van der Waals surface area (Å²) in [5.74, 6) is 0.766. The SMILES string of the molecule is Cc1cc(C(N)=S)nc(N2CCCCC2)n1. The van der Waals surface area contributed by atoms with Crippen molar-refractivity contribution < 1.29 is 0 Å². The summed E-state index contributed by atoms with van der Waals surface area (Å²) in [6.45, 7) is 4.00. The standard InChI is InChI=1S/C11H16N4S/c1-8-7-9(10(12)16)14-11(13-8)15-5-3-2-4-6-15/h7H,2-6H2,1H3,(H2,12,16). The summed E-state index contributed by atoms with van der Waals surface area (Å²) in [5, 5.41) is 0. The van der Waals surface area contributed by atoms with Crippen LogP contribution in [0, 0.1) is 6.92 Å². The van der Waals surface area contributed by atoms with Gasteiger partial charge in [-0.2, -0.15) is 0 Å². The van der Waals surface area contributed by atoms with E-state index in [9.17, 15) is 0 Å². The first-order chi connectivity index (χ1) is 7.66. The Labute approximate surface area is 101 Å². The largest absolute Gasteiger partial charge is 0.388 e. The number of hydrogen-bond acceptors (Lipinski definition) is 4. The van der Waals surface area contributed by atoms with Gasteiger partial charge in [-0.3, -0.25) is 0 Å². The van der Waals surface area contributed by atoms with Gasteiger partial charge in [-0.25, -0.2) is 9.97 Å². The Morgan fingerprint density at radius 3 is 2.62 bits per heavy atom. The lowest BCUT2D eigenvalue weighted by molar-refractivity contribution is 0.567. The Bertz CT molecular complexity index is 399. The van der Waals surface area contributed by atoms with Crippen LogP contribution in [0.4, 0.5) is 5.95 Å². The zero-order valence-corrected chi connectivity index (χ0v) is 10.3. The molecule has 0 aliphatic carbocycles. The van der Waals surface area contributed by atoms with E-state index >= 15 is 0 Å². The van der Waals surface area contributed by atoms with Gasteiger partial charge in [0.05, 0.1) is 0 Å². The quantitative estimate of drug-likeness (QED) is 0.787. The van der Waals surface area contributed by atoms with Crippen LogP contribution in [-0.2, 0) is 0 Å². The molecule has 1 fully saturated rings. The second kappa shape index (κ2) is 4.74. The number of rotatable bonds is 2. The van der Waals surface area contributed by atoms with Gasteiger partial charge < -0.3 is 10.6 Å². The first kappa shape index (κ1) is 11.3. The zero-order valence-electron chi connectivity index (χ0n) is 9.44. The molecule has 1 aromatic rings. The highest BCUT2D eigenvalue weighted by Crippen LogP contribution is 2.16. The number of piperidine rings is 1. The number of anilines is 1. The predicted molar refractivity (Wildman–Crippen MR) is 68.7 cm³/mol. The van der Waals surface area contributed by atoms with Gasteiger partial charge in [0, 0.05) is 18.8 Å². The highest BCUT2D eigenvalue weighted by Gasteiger charge is 2.14. The third kappa shape index (κ3) is 2.47. The van der Waals surface area contributed by atoms with Gasteiger partial charge in [0.2, 0.25) is 5.95 Å². The molecule has 1 aliphatic rings. The molecule has 1 aliphatic heterocycles. The molecule has 0 radical (unpaired) electrons. The highest BCUT2D eigenvalue weighted by atomic mass is 32.1. The van der Waals surface area contributed by atoms with Gasteiger partial charge in [0.25, 0.3) is 0 Å². The lowest BCUT2D eigenvalue weighted by atomic mass is 10.1. The van der Waals surface area contributed by atoms with E-state index in [0.29, 0.717) is 10.7 Å². The van der Waals surface area contributed by atoms with E-state index in [-0.39, 0.29) is 0 Å². The molecule has 2 heterocycles. The van der Waals surface area contributed by atoms with E-state index in [2.05, 4.69) is 14.9 Å². The monoisotopic (exact) mass is 236 g/mol. The Morgan fingerprint density at radius 2 is 2.00 bits per heavy atom. The van der Waals surface area contributed by atoms with Crippen LogP contribution in [0.1, 0.15) is 30.7 Å². The maximum absolute atomic E-state index is 5.60. The average Bonchev–Trinajstić information content (AvgIpc) is 2.29. The third-order valence-corrected chi connectivity index (χ3v) is 2.94. The number of aryl methyl sites for hydroxylation is 1. The van der Waals surface area contributed by atoms with Gasteiger partial charge >= 0.3 is 0 Å². The summed E-state index contributed by atoms with van der Waals surface area (Å²) in [6.07, 6.45) is 3.71. The maximum Gasteiger partial charge on any atom is 0.226 e.